The summed E-state index contributed by atoms with van der Waals surface area (Å²) in [6.07, 6.45) is -9.79. The fourth-order valence-corrected chi connectivity index (χ4v) is 4.81. The molecular weight excluding hydrogens is 450 g/mol. The van der Waals surface area contributed by atoms with Crippen molar-refractivity contribution in [3.63, 3.8) is 0 Å². The van der Waals surface area contributed by atoms with E-state index in [0.29, 0.717) is 31.5 Å². The molecule has 1 aliphatic carbocycles. The number of ether oxygens (including phenoxy) is 1. The van der Waals surface area contributed by atoms with E-state index in [1.165, 1.54) is 6.92 Å². The number of urea groups is 1. The Hall–Kier alpha value is -2.75. The summed E-state index contributed by atoms with van der Waals surface area (Å²) >= 11 is 0. The molecule has 4 nitrogen and oxygen atoms in total. The summed E-state index contributed by atoms with van der Waals surface area (Å²) in [6.45, 7) is 1.95. The Bertz CT molecular complexity index is 997. The average Bonchev–Trinajstić information content (AvgIpc) is 3.11. The molecule has 2 fully saturated rings. The van der Waals surface area contributed by atoms with Gasteiger partial charge in [0.25, 0.3) is 0 Å². The van der Waals surface area contributed by atoms with Crippen LogP contribution in [-0.4, -0.2) is 24.7 Å². The molecule has 1 atom stereocenters. The van der Waals surface area contributed by atoms with Crippen molar-refractivity contribution in [1.82, 2.24) is 10.6 Å². The number of carbonyl (C=O) groups is 1. The number of hydrogen-bond acceptors (Lipinski definition) is 2. The van der Waals surface area contributed by atoms with Gasteiger partial charge >= 0.3 is 18.4 Å². The largest absolute Gasteiger partial charge is 0.416 e. The summed E-state index contributed by atoms with van der Waals surface area (Å²) < 4.78 is 85.2. The third kappa shape index (κ3) is 4.66. The van der Waals surface area contributed by atoms with Crippen molar-refractivity contribution in [2.75, 3.05) is 13.2 Å². The maximum Gasteiger partial charge on any atom is 0.416 e. The van der Waals surface area contributed by atoms with E-state index < -0.39 is 40.5 Å². The van der Waals surface area contributed by atoms with E-state index in [-0.39, 0.29) is 24.3 Å². The average molecular weight is 472 g/mol. The highest BCUT2D eigenvalue weighted by atomic mass is 19.4. The van der Waals surface area contributed by atoms with Crippen molar-refractivity contribution in [3.8, 4) is 0 Å². The van der Waals surface area contributed by atoms with Crippen molar-refractivity contribution in [2.45, 2.75) is 49.2 Å². The predicted molar refractivity (Wildman–Crippen MR) is 107 cm³/mol. The van der Waals surface area contributed by atoms with E-state index in [4.69, 9.17) is 4.74 Å². The number of hydrogen-bond donors (Lipinski definition) is 2. The van der Waals surface area contributed by atoms with Gasteiger partial charge in [-0.1, -0.05) is 30.3 Å². The monoisotopic (exact) mass is 472 g/mol. The first-order valence-electron chi connectivity index (χ1n) is 10.3. The van der Waals surface area contributed by atoms with Gasteiger partial charge in [0, 0.05) is 12.0 Å². The standard InChI is InChI=1S/C23H22F6N2O2/c1-14(15-7-17(22(24,25)26)9-18(8-15)23(27,28)29)33-13-20(16-5-3-2-4-6-16)10-21(11-20)12-30-19(32)31-21/h2-9,14H,10-13H2,1H3,(H2,30,31,32)/t14-,20-,21-/m1/s1. The quantitative estimate of drug-likeness (QED) is 0.558. The van der Waals surface area contributed by atoms with E-state index in [1.54, 1.807) is 0 Å². The summed E-state index contributed by atoms with van der Waals surface area (Å²) in [5.74, 6) is 0. The molecule has 1 heterocycles. The van der Waals surface area contributed by atoms with Gasteiger partial charge in [-0.05, 0) is 49.1 Å². The van der Waals surface area contributed by atoms with Gasteiger partial charge in [0.05, 0.1) is 29.4 Å². The Labute approximate surface area is 186 Å². The Kier molecular flexibility index (Phi) is 5.63. The lowest BCUT2D eigenvalue weighted by molar-refractivity contribution is -0.143. The minimum absolute atomic E-state index is 0.0768. The Balaban J connectivity index is 1.57. The van der Waals surface area contributed by atoms with Crippen LogP contribution in [-0.2, 0) is 22.5 Å². The molecule has 2 aromatic carbocycles. The SMILES string of the molecule is C[C@@H](OC[C@]1(c2ccccc2)C[C@@]2(CNC(=O)N2)C1)c1cc(C(F)(F)F)cc(C(F)(F)F)c1. The molecular formula is C23H22F6N2O2. The molecule has 2 aromatic rings. The van der Waals surface area contributed by atoms with Crippen LogP contribution in [0.5, 0.6) is 0 Å². The molecule has 2 amide bonds. The molecule has 0 unspecified atom stereocenters. The van der Waals surface area contributed by atoms with E-state index >= 15 is 0 Å². The van der Waals surface area contributed by atoms with Crippen LogP contribution in [0, 0.1) is 0 Å². The van der Waals surface area contributed by atoms with Gasteiger partial charge in [0.1, 0.15) is 0 Å². The van der Waals surface area contributed by atoms with Crippen molar-refractivity contribution in [1.29, 1.82) is 0 Å². The van der Waals surface area contributed by atoms with Gasteiger partial charge in [0.15, 0.2) is 0 Å². The number of rotatable bonds is 5. The van der Waals surface area contributed by atoms with Crippen molar-refractivity contribution >= 4 is 6.03 Å². The number of benzene rings is 2. The van der Waals surface area contributed by atoms with E-state index in [0.717, 1.165) is 5.56 Å². The second-order valence-corrected chi connectivity index (χ2v) is 8.88. The van der Waals surface area contributed by atoms with Gasteiger partial charge in [-0.25, -0.2) is 4.79 Å². The molecule has 0 bridgehead atoms. The molecule has 2 N–H and O–H groups in total. The second kappa shape index (κ2) is 7.93. The van der Waals surface area contributed by atoms with E-state index in [1.807, 2.05) is 30.3 Å². The summed E-state index contributed by atoms with van der Waals surface area (Å²) in [5, 5.41) is 5.63. The predicted octanol–water partition coefficient (Wildman–Crippen LogP) is 5.59. The van der Waals surface area contributed by atoms with Crippen LogP contribution in [0.4, 0.5) is 31.1 Å². The molecule has 33 heavy (non-hydrogen) atoms. The summed E-state index contributed by atoms with van der Waals surface area (Å²) in [7, 11) is 0. The lowest BCUT2D eigenvalue weighted by atomic mass is 9.55. The van der Waals surface area contributed by atoms with Gasteiger partial charge in [-0.3, -0.25) is 0 Å². The smallest absolute Gasteiger partial charge is 0.373 e. The lowest BCUT2D eigenvalue weighted by Gasteiger charge is -2.54. The molecule has 1 saturated heterocycles. The van der Waals surface area contributed by atoms with Crippen LogP contribution >= 0.6 is 0 Å². The minimum atomic E-state index is -4.92. The fourth-order valence-electron chi connectivity index (χ4n) is 4.81. The van der Waals surface area contributed by atoms with Crippen LogP contribution in [0.15, 0.2) is 48.5 Å². The van der Waals surface area contributed by atoms with Gasteiger partial charge in [-0.15, -0.1) is 0 Å². The first-order valence-corrected chi connectivity index (χ1v) is 10.3. The zero-order valence-electron chi connectivity index (χ0n) is 17.6. The highest BCUT2D eigenvalue weighted by molar-refractivity contribution is 5.78. The molecule has 1 spiro atoms. The van der Waals surface area contributed by atoms with Crippen LogP contribution in [0.1, 0.15) is 48.1 Å². The summed E-state index contributed by atoms with van der Waals surface area (Å²) in [6, 6.07) is 10.6. The first kappa shape index (κ1) is 23.4. The molecule has 2 aliphatic rings. The van der Waals surface area contributed by atoms with Gasteiger partial charge in [0.2, 0.25) is 0 Å². The summed E-state index contributed by atoms with van der Waals surface area (Å²) in [4.78, 5) is 11.6. The minimum Gasteiger partial charge on any atom is -0.373 e. The van der Waals surface area contributed by atoms with Crippen LogP contribution in [0.3, 0.4) is 0 Å². The van der Waals surface area contributed by atoms with Crippen LogP contribution in [0.2, 0.25) is 0 Å². The first-order chi connectivity index (χ1) is 15.3. The van der Waals surface area contributed by atoms with Crippen molar-refractivity contribution in [3.05, 3.63) is 70.8 Å². The number of amides is 2. The maximum absolute atomic E-state index is 13.2. The highest BCUT2D eigenvalue weighted by Crippen LogP contribution is 2.52. The Morgan fingerprint density at radius 1 is 0.970 bits per heavy atom. The number of alkyl halides is 6. The Morgan fingerprint density at radius 3 is 2.03 bits per heavy atom. The molecule has 0 aromatic heterocycles. The Morgan fingerprint density at radius 2 is 1.55 bits per heavy atom. The maximum atomic E-state index is 13.2. The normalized spacial score (nSPS) is 26.0. The van der Waals surface area contributed by atoms with E-state index in [2.05, 4.69) is 10.6 Å². The molecule has 1 aliphatic heterocycles. The van der Waals surface area contributed by atoms with E-state index in [9.17, 15) is 31.1 Å². The van der Waals surface area contributed by atoms with Gasteiger partial charge in [-0.2, -0.15) is 26.3 Å². The molecule has 178 valence electrons. The zero-order chi connectivity index (χ0) is 24.1. The fraction of sp³-hybridized carbons (Fsp3) is 0.435. The summed E-state index contributed by atoms with van der Waals surface area (Å²) in [5.41, 5.74) is -2.98. The molecule has 1 saturated carbocycles. The third-order valence-corrected chi connectivity index (χ3v) is 6.39. The van der Waals surface area contributed by atoms with Crippen LogP contribution in [0.25, 0.3) is 0 Å². The van der Waals surface area contributed by atoms with Crippen molar-refractivity contribution in [2.24, 2.45) is 0 Å². The van der Waals surface area contributed by atoms with Gasteiger partial charge < -0.3 is 15.4 Å². The second-order valence-electron chi connectivity index (χ2n) is 8.88. The highest BCUT2D eigenvalue weighted by Gasteiger charge is 2.58. The van der Waals surface area contributed by atoms with Crippen LogP contribution < -0.4 is 10.6 Å². The third-order valence-electron chi connectivity index (χ3n) is 6.39. The topological polar surface area (TPSA) is 50.4 Å². The molecule has 10 heteroatoms. The molecule has 4 rings (SSSR count). The lowest BCUT2D eigenvalue weighted by Crippen LogP contribution is -2.63. The zero-order valence-corrected chi connectivity index (χ0v) is 17.6. The number of nitrogens with one attached hydrogen (secondary N) is 2. The molecule has 0 radical (unpaired) electrons. The van der Waals surface area contributed by atoms with Crippen molar-refractivity contribution < 1.29 is 35.9 Å². The number of carbonyl (C=O) groups excluding carboxylic acids is 1. The number of halogens is 6.